The Morgan fingerprint density at radius 2 is 1.40 bits per heavy atom. The molecule has 3 amide bonds. The number of ether oxygens (including phenoxy) is 1. The molecule has 0 aromatic heterocycles. The third-order valence-corrected chi connectivity index (χ3v) is 4.40. The predicted molar refractivity (Wildman–Crippen MR) is 97.6 cm³/mol. The molecule has 0 aromatic rings. The van der Waals surface area contributed by atoms with Crippen LogP contribution < -0.4 is 21.7 Å². The van der Waals surface area contributed by atoms with E-state index in [9.17, 15) is 34.5 Å². The lowest BCUT2D eigenvalue weighted by Crippen LogP contribution is -2.58. The van der Waals surface area contributed by atoms with Gasteiger partial charge in [0.1, 0.15) is 31.0 Å². The second kappa shape index (κ2) is 12.4. The van der Waals surface area contributed by atoms with Crippen molar-refractivity contribution in [2.45, 2.75) is 49.4 Å². The van der Waals surface area contributed by atoms with Gasteiger partial charge in [0.05, 0.1) is 31.8 Å². The molecular weight excluding hydrogens is 408 g/mol. The third kappa shape index (κ3) is 8.17. The highest BCUT2D eigenvalue weighted by Gasteiger charge is 2.43. The second-order valence-corrected chi connectivity index (χ2v) is 6.72. The van der Waals surface area contributed by atoms with Crippen LogP contribution in [0.5, 0.6) is 0 Å². The van der Waals surface area contributed by atoms with E-state index >= 15 is 0 Å². The number of hydrogen-bond donors (Lipinski definition) is 9. The van der Waals surface area contributed by atoms with Crippen LogP contribution in [-0.4, -0.2) is 112 Å². The SMILES string of the molecule is N[C@@H](CC[C@H]1OC(CO)[C@H](O)[C@H](O)C1O)C(=O)NCC(=O)NCC(=O)NCC(=O)O. The van der Waals surface area contributed by atoms with Crippen molar-refractivity contribution in [1.82, 2.24) is 16.0 Å². The molecule has 14 nitrogen and oxygen atoms in total. The molecule has 14 heteroatoms. The van der Waals surface area contributed by atoms with Gasteiger partial charge in [0.25, 0.3) is 0 Å². The Hall–Kier alpha value is -2.36. The van der Waals surface area contributed by atoms with Crippen LogP contribution in [-0.2, 0) is 23.9 Å². The van der Waals surface area contributed by atoms with E-state index < -0.39 is 86.5 Å². The van der Waals surface area contributed by atoms with Gasteiger partial charge in [-0.15, -0.1) is 0 Å². The van der Waals surface area contributed by atoms with E-state index in [0.29, 0.717) is 0 Å². The highest BCUT2D eigenvalue weighted by Crippen LogP contribution is 2.24. The van der Waals surface area contributed by atoms with E-state index in [1.54, 1.807) is 0 Å². The van der Waals surface area contributed by atoms with Crippen molar-refractivity contribution in [2.24, 2.45) is 5.73 Å². The maximum absolute atomic E-state index is 12.0. The largest absolute Gasteiger partial charge is 0.480 e. The minimum absolute atomic E-state index is 0.00768. The predicted octanol–water partition coefficient (Wildman–Crippen LogP) is -5.63. The van der Waals surface area contributed by atoms with E-state index in [-0.39, 0.29) is 12.8 Å². The monoisotopic (exact) mass is 436 g/mol. The Morgan fingerprint density at radius 3 is 1.97 bits per heavy atom. The number of rotatable bonds is 11. The normalized spacial score (nSPS) is 27.0. The Labute approximate surface area is 171 Å². The number of carbonyl (C=O) groups excluding carboxylic acids is 3. The number of nitrogens with one attached hydrogen (secondary N) is 3. The Morgan fingerprint density at radius 1 is 0.867 bits per heavy atom. The van der Waals surface area contributed by atoms with Gasteiger partial charge in [0.15, 0.2) is 0 Å². The zero-order valence-electron chi connectivity index (χ0n) is 16.1. The van der Waals surface area contributed by atoms with Gasteiger partial charge >= 0.3 is 5.97 Å². The summed E-state index contributed by atoms with van der Waals surface area (Å²) >= 11 is 0. The molecule has 6 atom stereocenters. The van der Waals surface area contributed by atoms with Crippen LogP contribution in [0, 0.1) is 0 Å². The standard InChI is InChI=1S/C16H28N4O10/c17-7(1-2-8-13(26)15(28)14(27)9(6-21)30-8)16(29)20-4-11(23)18-3-10(22)19-5-12(24)25/h7-9,13-15,21,26-28H,1-6,17H2,(H,18,23)(H,19,22)(H,20,29)(H,24,25)/t7-,8+,9?,13?,14-,15+/m0/s1. The van der Waals surface area contributed by atoms with Gasteiger partial charge in [-0.05, 0) is 12.8 Å². The van der Waals surface area contributed by atoms with Crippen molar-refractivity contribution in [1.29, 1.82) is 0 Å². The first-order valence-corrected chi connectivity index (χ1v) is 9.15. The van der Waals surface area contributed by atoms with Crippen molar-refractivity contribution in [3.63, 3.8) is 0 Å². The zero-order valence-corrected chi connectivity index (χ0v) is 16.1. The molecule has 1 aliphatic rings. The number of hydrogen-bond acceptors (Lipinski definition) is 10. The smallest absolute Gasteiger partial charge is 0.322 e. The van der Waals surface area contributed by atoms with Crippen LogP contribution in [0.25, 0.3) is 0 Å². The molecule has 30 heavy (non-hydrogen) atoms. The Balaban J connectivity index is 2.33. The topological polar surface area (TPSA) is 241 Å². The van der Waals surface area contributed by atoms with Crippen LogP contribution in [0.1, 0.15) is 12.8 Å². The fraction of sp³-hybridized carbons (Fsp3) is 0.750. The number of amides is 3. The van der Waals surface area contributed by atoms with E-state index in [1.807, 2.05) is 5.32 Å². The van der Waals surface area contributed by atoms with Gasteiger partial charge in [-0.25, -0.2) is 0 Å². The van der Waals surface area contributed by atoms with E-state index in [1.165, 1.54) is 0 Å². The van der Waals surface area contributed by atoms with Crippen LogP contribution in [0.15, 0.2) is 0 Å². The number of nitrogens with two attached hydrogens (primary N) is 1. The second-order valence-electron chi connectivity index (χ2n) is 6.72. The molecular formula is C16H28N4O10. The van der Waals surface area contributed by atoms with Crippen LogP contribution in [0.3, 0.4) is 0 Å². The number of carbonyl (C=O) groups is 4. The zero-order chi connectivity index (χ0) is 22.8. The number of aliphatic hydroxyl groups excluding tert-OH is 4. The van der Waals surface area contributed by atoms with Gasteiger partial charge in [-0.1, -0.05) is 0 Å². The summed E-state index contributed by atoms with van der Waals surface area (Å²) in [6.07, 6.45) is -6.43. The molecule has 1 fully saturated rings. The summed E-state index contributed by atoms with van der Waals surface area (Å²) in [5, 5.41) is 53.4. The molecule has 1 heterocycles. The molecule has 0 aromatic carbocycles. The van der Waals surface area contributed by atoms with Gasteiger partial charge in [-0.2, -0.15) is 0 Å². The first kappa shape index (κ1) is 25.7. The molecule has 2 unspecified atom stereocenters. The van der Waals surface area contributed by atoms with Crippen LogP contribution in [0.4, 0.5) is 0 Å². The van der Waals surface area contributed by atoms with Crippen LogP contribution in [0.2, 0.25) is 0 Å². The number of aliphatic hydroxyl groups is 4. The molecule has 0 saturated carbocycles. The van der Waals surface area contributed by atoms with Gasteiger partial charge < -0.3 is 52.0 Å². The summed E-state index contributed by atoms with van der Waals surface area (Å²) in [7, 11) is 0. The highest BCUT2D eigenvalue weighted by atomic mass is 16.5. The molecule has 0 spiro atoms. The lowest BCUT2D eigenvalue weighted by atomic mass is 9.92. The van der Waals surface area contributed by atoms with Gasteiger partial charge in [-0.3, -0.25) is 19.2 Å². The molecule has 1 rings (SSSR count). The fourth-order valence-electron chi connectivity index (χ4n) is 2.67. The van der Waals surface area contributed by atoms with E-state index in [4.69, 9.17) is 20.7 Å². The minimum Gasteiger partial charge on any atom is -0.480 e. The summed E-state index contributed by atoms with van der Waals surface area (Å²) in [4.78, 5) is 45.1. The highest BCUT2D eigenvalue weighted by molar-refractivity contribution is 5.90. The molecule has 0 radical (unpaired) electrons. The Kier molecular flexibility index (Phi) is 10.6. The maximum Gasteiger partial charge on any atom is 0.322 e. The van der Waals surface area contributed by atoms with E-state index in [0.717, 1.165) is 0 Å². The number of aliphatic carboxylic acids is 1. The molecule has 0 aliphatic carbocycles. The minimum atomic E-state index is -1.53. The van der Waals surface area contributed by atoms with Gasteiger partial charge in [0.2, 0.25) is 17.7 Å². The van der Waals surface area contributed by atoms with Crippen molar-refractivity contribution < 1.29 is 49.4 Å². The lowest BCUT2D eigenvalue weighted by Gasteiger charge is -2.40. The average Bonchev–Trinajstić information content (AvgIpc) is 2.71. The maximum atomic E-state index is 12.0. The summed E-state index contributed by atoms with van der Waals surface area (Å²) in [6, 6.07) is -1.08. The first-order valence-electron chi connectivity index (χ1n) is 9.15. The summed E-state index contributed by atoms with van der Waals surface area (Å²) < 4.78 is 5.31. The van der Waals surface area contributed by atoms with Crippen molar-refractivity contribution in [2.75, 3.05) is 26.2 Å². The summed E-state index contributed by atoms with van der Waals surface area (Å²) in [6.45, 7) is -2.10. The van der Waals surface area contributed by atoms with Crippen molar-refractivity contribution in [3.05, 3.63) is 0 Å². The number of carboxylic acids is 1. The fourth-order valence-corrected chi connectivity index (χ4v) is 2.67. The quantitative estimate of drug-likeness (QED) is 0.148. The van der Waals surface area contributed by atoms with Crippen molar-refractivity contribution in [3.8, 4) is 0 Å². The molecule has 1 saturated heterocycles. The summed E-state index contributed by atoms with van der Waals surface area (Å²) in [5.41, 5.74) is 5.72. The Bertz CT molecular complexity index is 617. The molecule has 172 valence electrons. The number of carboxylic acid groups (broad SMARTS) is 1. The van der Waals surface area contributed by atoms with Gasteiger partial charge in [0, 0.05) is 0 Å². The molecule has 10 N–H and O–H groups in total. The molecule has 0 bridgehead atoms. The average molecular weight is 436 g/mol. The molecule has 1 aliphatic heterocycles. The van der Waals surface area contributed by atoms with E-state index in [2.05, 4.69) is 10.6 Å². The summed E-state index contributed by atoms with van der Waals surface area (Å²) in [5.74, 6) is -3.34. The first-order chi connectivity index (χ1) is 14.1. The van der Waals surface area contributed by atoms with Crippen LogP contribution >= 0.6 is 0 Å². The third-order valence-electron chi connectivity index (χ3n) is 4.40. The van der Waals surface area contributed by atoms with Crippen molar-refractivity contribution >= 4 is 23.7 Å². The lowest BCUT2D eigenvalue weighted by molar-refractivity contribution is -0.230.